The zero-order chi connectivity index (χ0) is 12.9. The number of hydrogen-bond donors (Lipinski definition) is 2. The van der Waals surface area contributed by atoms with E-state index in [0.29, 0.717) is 6.54 Å². The van der Waals surface area contributed by atoms with Gasteiger partial charge in [-0.1, -0.05) is 26.2 Å². The molecule has 0 aliphatic carbocycles. The molecule has 3 nitrogen and oxygen atoms in total. The van der Waals surface area contributed by atoms with Crippen LogP contribution in [0, 0.1) is 5.92 Å². The molecule has 0 saturated carbocycles. The highest BCUT2D eigenvalue weighted by molar-refractivity contribution is 7.98. The minimum absolute atomic E-state index is 0.0106. The lowest BCUT2D eigenvalue weighted by atomic mass is 10.0. The molecule has 0 aromatic heterocycles. The molecule has 3 N–H and O–H groups in total. The van der Waals surface area contributed by atoms with Gasteiger partial charge in [-0.2, -0.15) is 11.8 Å². The van der Waals surface area contributed by atoms with Crippen LogP contribution in [-0.4, -0.2) is 31.0 Å². The van der Waals surface area contributed by atoms with Crippen molar-refractivity contribution in [3.8, 4) is 0 Å². The third-order valence-corrected chi connectivity index (χ3v) is 3.56. The van der Waals surface area contributed by atoms with E-state index in [1.54, 1.807) is 0 Å². The molecule has 0 fully saturated rings. The molecule has 0 rings (SSSR count). The van der Waals surface area contributed by atoms with Gasteiger partial charge >= 0.3 is 0 Å². The van der Waals surface area contributed by atoms with Gasteiger partial charge in [-0.05, 0) is 31.3 Å². The van der Waals surface area contributed by atoms with Gasteiger partial charge < -0.3 is 11.1 Å². The Labute approximate surface area is 110 Å². The first kappa shape index (κ1) is 16.8. The smallest absolute Gasteiger partial charge is 0.224 e. The molecule has 0 aliphatic rings. The average molecular weight is 260 g/mol. The number of carbonyl (C=O) groups is 1. The Bertz CT molecular complexity index is 188. The van der Waals surface area contributed by atoms with Crippen LogP contribution in [0.15, 0.2) is 0 Å². The highest BCUT2D eigenvalue weighted by Crippen LogP contribution is 2.06. The molecule has 102 valence electrons. The molecular formula is C13H28N2OS. The van der Waals surface area contributed by atoms with Crippen molar-refractivity contribution in [2.75, 3.05) is 25.1 Å². The second-order valence-corrected chi connectivity index (χ2v) is 5.40. The van der Waals surface area contributed by atoms with Crippen LogP contribution in [0.2, 0.25) is 0 Å². The number of nitrogens with one attached hydrogen (secondary N) is 1. The molecule has 0 bridgehead atoms. The van der Waals surface area contributed by atoms with Crippen LogP contribution in [0.3, 0.4) is 0 Å². The van der Waals surface area contributed by atoms with E-state index < -0.39 is 0 Å². The van der Waals surface area contributed by atoms with Gasteiger partial charge in [-0.15, -0.1) is 0 Å². The van der Waals surface area contributed by atoms with E-state index in [1.165, 1.54) is 25.0 Å². The zero-order valence-corrected chi connectivity index (χ0v) is 12.2. The van der Waals surface area contributed by atoms with Gasteiger partial charge in [0.15, 0.2) is 0 Å². The van der Waals surface area contributed by atoms with Crippen molar-refractivity contribution in [3.05, 3.63) is 0 Å². The normalized spacial score (nSPS) is 12.4. The van der Waals surface area contributed by atoms with Crippen molar-refractivity contribution in [2.45, 2.75) is 45.4 Å². The largest absolute Gasteiger partial charge is 0.356 e. The fourth-order valence-corrected chi connectivity index (χ4v) is 2.28. The average Bonchev–Trinajstić information content (AvgIpc) is 2.34. The van der Waals surface area contributed by atoms with Gasteiger partial charge in [-0.3, -0.25) is 4.79 Å². The summed E-state index contributed by atoms with van der Waals surface area (Å²) in [5.74, 6) is 1.40. The molecule has 0 heterocycles. The van der Waals surface area contributed by atoms with Crippen molar-refractivity contribution in [3.63, 3.8) is 0 Å². The molecule has 1 unspecified atom stereocenters. The van der Waals surface area contributed by atoms with E-state index in [0.717, 1.165) is 25.8 Å². The van der Waals surface area contributed by atoms with Crippen molar-refractivity contribution in [1.82, 2.24) is 5.32 Å². The minimum Gasteiger partial charge on any atom is -0.356 e. The van der Waals surface area contributed by atoms with Gasteiger partial charge in [0, 0.05) is 13.1 Å². The summed E-state index contributed by atoms with van der Waals surface area (Å²) in [7, 11) is 0. The third-order valence-electron chi connectivity index (χ3n) is 2.87. The molecule has 1 amide bonds. The standard InChI is InChI=1S/C13H28N2OS/c1-3-8-12(11-14)13(16)15-9-6-4-5-7-10-17-2/h12H,3-11,14H2,1-2H3,(H,15,16). The van der Waals surface area contributed by atoms with Crippen LogP contribution in [0.1, 0.15) is 45.4 Å². The molecule has 0 aromatic rings. The van der Waals surface area contributed by atoms with Gasteiger partial charge in [0.2, 0.25) is 5.91 Å². The second kappa shape index (κ2) is 12.2. The third kappa shape index (κ3) is 9.48. The lowest BCUT2D eigenvalue weighted by molar-refractivity contribution is -0.124. The van der Waals surface area contributed by atoms with Crippen molar-refractivity contribution < 1.29 is 4.79 Å². The van der Waals surface area contributed by atoms with Gasteiger partial charge in [0.1, 0.15) is 0 Å². The topological polar surface area (TPSA) is 55.1 Å². The Morgan fingerprint density at radius 3 is 2.59 bits per heavy atom. The Kier molecular flexibility index (Phi) is 12.1. The monoisotopic (exact) mass is 260 g/mol. The van der Waals surface area contributed by atoms with Crippen molar-refractivity contribution >= 4 is 17.7 Å². The minimum atomic E-state index is 0.0106. The van der Waals surface area contributed by atoms with Crippen molar-refractivity contribution in [2.24, 2.45) is 11.7 Å². The molecule has 0 aromatic carbocycles. The van der Waals surface area contributed by atoms with Crippen LogP contribution in [-0.2, 0) is 4.79 Å². The van der Waals surface area contributed by atoms with Crippen LogP contribution < -0.4 is 11.1 Å². The first-order valence-corrected chi connectivity index (χ1v) is 8.12. The van der Waals surface area contributed by atoms with Gasteiger partial charge in [-0.25, -0.2) is 0 Å². The predicted molar refractivity (Wildman–Crippen MR) is 77.3 cm³/mol. The summed E-state index contributed by atoms with van der Waals surface area (Å²) < 4.78 is 0. The lowest BCUT2D eigenvalue weighted by Gasteiger charge is -2.13. The quantitative estimate of drug-likeness (QED) is 0.561. The van der Waals surface area contributed by atoms with Crippen LogP contribution in [0.25, 0.3) is 0 Å². The summed E-state index contributed by atoms with van der Waals surface area (Å²) in [6, 6.07) is 0. The molecule has 0 aliphatic heterocycles. The first-order chi connectivity index (χ1) is 8.26. The summed E-state index contributed by atoms with van der Waals surface area (Å²) >= 11 is 1.90. The van der Waals surface area contributed by atoms with E-state index in [1.807, 2.05) is 11.8 Å². The van der Waals surface area contributed by atoms with Gasteiger partial charge in [0.25, 0.3) is 0 Å². The Morgan fingerprint density at radius 1 is 1.29 bits per heavy atom. The summed E-state index contributed by atoms with van der Waals surface area (Å²) in [5, 5.41) is 2.99. The maximum absolute atomic E-state index is 11.7. The Hall–Kier alpha value is -0.220. The molecule has 0 radical (unpaired) electrons. The maximum Gasteiger partial charge on any atom is 0.224 e. The van der Waals surface area contributed by atoms with E-state index in [2.05, 4.69) is 18.5 Å². The SMILES string of the molecule is CCCC(CN)C(=O)NCCCCCCSC. The van der Waals surface area contributed by atoms with Gasteiger partial charge in [0.05, 0.1) is 5.92 Å². The van der Waals surface area contributed by atoms with E-state index >= 15 is 0 Å². The number of thioether (sulfide) groups is 1. The molecule has 0 spiro atoms. The number of hydrogen-bond acceptors (Lipinski definition) is 3. The molecule has 0 saturated heterocycles. The summed E-state index contributed by atoms with van der Waals surface area (Å²) in [4.78, 5) is 11.7. The number of rotatable bonds is 11. The number of unbranched alkanes of at least 4 members (excludes halogenated alkanes) is 3. The predicted octanol–water partition coefficient (Wildman–Crippen LogP) is 2.40. The summed E-state index contributed by atoms with van der Waals surface area (Å²) in [6.07, 6.45) is 8.91. The number of nitrogens with two attached hydrogens (primary N) is 1. The molecular weight excluding hydrogens is 232 g/mol. The van der Waals surface area contributed by atoms with E-state index in [4.69, 9.17) is 5.73 Å². The van der Waals surface area contributed by atoms with Crippen LogP contribution in [0.4, 0.5) is 0 Å². The Morgan fingerprint density at radius 2 is 2.00 bits per heavy atom. The molecule has 17 heavy (non-hydrogen) atoms. The lowest BCUT2D eigenvalue weighted by Crippen LogP contribution is -2.35. The summed E-state index contributed by atoms with van der Waals surface area (Å²) in [6.45, 7) is 3.35. The number of amides is 1. The molecule has 4 heteroatoms. The fraction of sp³-hybridized carbons (Fsp3) is 0.923. The second-order valence-electron chi connectivity index (χ2n) is 4.42. The highest BCUT2D eigenvalue weighted by atomic mass is 32.2. The Balaban J connectivity index is 3.43. The fourth-order valence-electron chi connectivity index (χ4n) is 1.79. The number of carbonyl (C=O) groups excluding carboxylic acids is 1. The maximum atomic E-state index is 11.7. The van der Waals surface area contributed by atoms with Crippen LogP contribution >= 0.6 is 11.8 Å². The zero-order valence-electron chi connectivity index (χ0n) is 11.3. The molecule has 1 atom stereocenters. The van der Waals surface area contributed by atoms with Crippen molar-refractivity contribution in [1.29, 1.82) is 0 Å². The summed E-state index contributed by atoms with van der Waals surface area (Å²) in [5.41, 5.74) is 5.58. The van der Waals surface area contributed by atoms with Crippen LogP contribution in [0.5, 0.6) is 0 Å². The highest BCUT2D eigenvalue weighted by Gasteiger charge is 2.14. The van der Waals surface area contributed by atoms with E-state index in [9.17, 15) is 4.79 Å². The first-order valence-electron chi connectivity index (χ1n) is 6.73. The van der Waals surface area contributed by atoms with E-state index in [-0.39, 0.29) is 11.8 Å².